The van der Waals surface area contributed by atoms with Crippen molar-refractivity contribution >= 4 is 35.9 Å². The second-order valence-electron chi connectivity index (χ2n) is 13.2. The van der Waals surface area contributed by atoms with Crippen LogP contribution in [-0.4, -0.2) is 37.7 Å². The van der Waals surface area contributed by atoms with Crippen molar-refractivity contribution in [3.05, 3.63) is 147 Å². The number of esters is 1. The summed E-state index contributed by atoms with van der Waals surface area (Å²) in [7, 11) is 1.31. The Labute approximate surface area is 325 Å². The standard InChI is InChI=1S/C43H38ClN3O6.ClH/c1-26-3-4-29(17-36(26)44)24-51-35-15-13-32(14-16-35)41-25-52-39-20-33-19-37(46-23-34(33)21-40(39)53-41)42(48)47-38(43(49)50-2)18-27-5-9-30(10-6-27)31-11-7-28(22-45)8-12-31;/h3-17,20-21,37-38,41,46H,18-19,23-25H2,1-2H3,(H,47,48);1H. The van der Waals surface area contributed by atoms with Gasteiger partial charge in [0.2, 0.25) is 5.91 Å². The van der Waals surface area contributed by atoms with Gasteiger partial charge in [0.25, 0.3) is 0 Å². The molecule has 0 fully saturated rings. The summed E-state index contributed by atoms with van der Waals surface area (Å²) in [4.78, 5) is 26.3. The molecular weight excluding hydrogens is 725 g/mol. The number of nitriles is 1. The van der Waals surface area contributed by atoms with Crippen molar-refractivity contribution < 1.29 is 28.5 Å². The van der Waals surface area contributed by atoms with Crippen LogP contribution < -0.4 is 24.8 Å². The summed E-state index contributed by atoms with van der Waals surface area (Å²) in [5.74, 6) is 1.22. The minimum atomic E-state index is -0.860. The van der Waals surface area contributed by atoms with Gasteiger partial charge < -0.3 is 29.6 Å². The average Bonchev–Trinajstić information content (AvgIpc) is 3.20. The fourth-order valence-electron chi connectivity index (χ4n) is 6.52. The second-order valence-corrected chi connectivity index (χ2v) is 13.6. The Morgan fingerprint density at radius 3 is 2.30 bits per heavy atom. The molecule has 9 nitrogen and oxygen atoms in total. The molecule has 276 valence electrons. The number of amides is 1. The number of halogens is 2. The molecule has 0 aromatic heterocycles. The van der Waals surface area contributed by atoms with Crippen molar-refractivity contribution in [1.29, 1.82) is 5.26 Å². The minimum absolute atomic E-state index is 0. The van der Waals surface area contributed by atoms with Crippen molar-refractivity contribution in [2.45, 2.75) is 51.1 Å². The van der Waals surface area contributed by atoms with Crippen molar-refractivity contribution in [2.75, 3.05) is 13.7 Å². The maximum absolute atomic E-state index is 13.5. The molecule has 0 aliphatic carbocycles. The number of methoxy groups -OCH3 is 1. The zero-order valence-electron chi connectivity index (χ0n) is 29.8. The highest BCUT2D eigenvalue weighted by Crippen LogP contribution is 2.40. The van der Waals surface area contributed by atoms with Gasteiger partial charge in [0, 0.05) is 18.0 Å². The maximum atomic E-state index is 13.5. The number of hydrogen-bond donors (Lipinski definition) is 2. The highest BCUT2D eigenvalue weighted by molar-refractivity contribution is 6.31. The van der Waals surface area contributed by atoms with Crippen molar-refractivity contribution in [3.63, 3.8) is 0 Å². The minimum Gasteiger partial charge on any atom is -0.489 e. The number of aryl methyl sites for hydroxylation is 1. The summed E-state index contributed by atoms with van der Waals surface area (Å²) in [5, 5.41) is 16.0. The van der Waals surface area contributed by atoms with Gasteiger partial charge in [-0.1, -0.05) is 72.3 Å². The topological polar surface area (TPSA) is 119 Å². The lowest BCUT2D eigenvalue weighted by molar-refractivity contribution is -0.145. The molecule has 0 saturated carbocycles. The monoisotopic (exact) mass is 763 g/mol. The summed E-state index contributed by atoms with van der Waals surface area (Å²) in [6, 6.07) is 33.5. The number of hydrogen-bond acceptors (Lipinski definition) is 8. The third kappa shape index (κ3) is 8.80. The van der Waals surface area contributed by atoms with E-state index >= 15 is 0 Å². The van der Waals surface area contributed by atoms with E-state index in [1.807, 2.05) is 97.9 Å². The first-order chi connectivity index (χ1) is 25.8. The van der Waals surface area contributed by atoms with Crippen LogP contribution in [0.4, 0.5) is 0 Å². The number of rotatable bonds is 10. The number of carbonyl (C=O) groups is 2. The van der Waals surface area contributed by atoms with Crippen molar-refractivity contribution in [1.82, 2.24) is 10.6 Å². The number of nitrogens with zero attached hydrogens (tertiary/aromatic N) is 1. The first kappa shape index (κ1) is 38.2. The molecule has 3 unspecified atom stereocenters. The van der Waals surface area contributed by atoms with Crippen LogP contribution in [0.15, 0.2) is 103 Å². The number of benzene rings is 5. The Morgan fingerprint density at radius 1 is 0.926 bits per heavy atom. The van der Waals surface area contributed by atoms with Gasteiger partial charge in [0.1, 0.15) is 25.0 Å². The Hall–Kier alpha value is -5.53. The Morgan fingerprint density at radius 2 is 1.61 bits per heavy atom. The molecule has 2 aliphatic heterocycles. The zero-order valence-corrected chi connectivity index (χ0v) is 31.3. The lowest BCUT2D eigenvalue weighted by Gasteiger charge is -2.31. The van der Waals surface area contributed by atoms with Crippen LogP contribution in [0, 0.1) is 18.3 Å². The average molecular weight is 765 g/mol. The van der Waals surface area contributed by atoms with E-state index in [-0.39, 0.29) is 30.8 Å². The van der Waals surface area contributed by atoms with Crippen LogP contribution in [0.3, 0.4) is 0 Å². The molecule has 2 heterocycles. The molecular formula is C43H39Cl2N3O6. The van der Waals surface area contributed by atoms with Crippen molar-refractivity contribution in [2.24, 2.45) is 0 Å². The van der Waals surface area contributed by atoms with Crippen LogP contribution in [0.2, 0.25) is 5.02 Å². The molecule has 2 N–H and O–H groups in total. The van der Waals surface area contributed by atoms with E-state index < -0.39 is 18.1 Å². The fourth-order valence-corrected chi connectivity index (χ4v) is 6.72. The molecule has 3 atom stereocenters. The number of carbonyl (C=O) groups excluding carboxylic acids is 2. The van der Waals surface area contributed by atoms with Gasteiger partial charge >= 0.3 is 5.97 Å². The quantitative estimate of drug-likeness (QED) is 0.140. The van der Waals surface area contributed by atoms with Crippen LogP contribution >= 0.6 is 24.0 Å². The Bertz CT molecular complexity index is 2170. The van der Waals surface area contributed by atoms with E-state index in [2.05, 4.69) is 16.7 Å². The summed E-state index contributed by atoms with van der Waals surface area (Å²) >= 11 is 6.25. The highest BCUT2D eigenvalue weighted by atomic mass is 35.5. The lowest BCUT2D eigenvalue weighted by atomic mass is 9.94. The van der Waals surface area contributed by atoms with E-state index in [4.69, 9.17) is 35.8 Å². The smallest absolute Gasteiger partial charge is 0.328 e. The van der Waals surface area contributed by atoms with Gasteiger partial charge in [-0.3, -0.25) is 4.79 Å². The van der Waals surface area contributed by atoms with Gasteiger partial charge in [-0.15, -0.1) is 12.4 Å². The van der Waals surface area contributed by atoms with Gasteiger partial charge in [0.15, 0.2) is 17.6 Å². The predicted molar refractivity (Wildman–Crippen MR) is 208 cm³/mol. The van der Waals surface area contributed by atoms with Gasteiger partial charge in [0.05, 0.1) is 24.8 Å². The Kier molecular flexibility index (Phi) is 12.1. The Balaban J connectivity index is 0.00000497. The molecule has 0 saturated heterocycles. The van der Waals surface area contributed by atoms with Crippen LogP contribution in [-0.2, 0) is 40.3 Å². The normalized spacial score (nSPS) is 16.1. The molecule has 2 aliphatic rings. The SMILES string of the molecule is COC(=O)C(Cc1ccc(-c2ccc(C#N)cc2)cc1)NC(=O)C1Cc2cc3c(cc2CN1)OC(c1ccc(OCc2ccc(C)c(Cl)c2)cc1)CO3.Cl. The third-order valence-corrected chi connectivity index (χ3v) is 10.0. The first-order valence-electron chi connectivity index (χ1n) is 17.4. The first-order valence-corrected chi connectivity index (χ1v) is 17.8. The molecule has 0 radical (unpaired) electrons. The van der Waals surface area contributed by atoms with Crippen LogP contribution in [0.1, 0.15) is 45.0 Å². The molecule has 0 bridgehead atoms. The van der Waals surface area contributed by atoms with Crippen LogP contribution in [0.5, 0.6) is 17.2 Å². The largest absolute Gasteiger partial charge is 0.489 e. The van der Waals surface area contributed by atoms with Crippen LogP contribution in [0.25, 0.3) is 11.1 Å². The summed E-state index contributed by atoms with van der Waals surface area (Å²) in [6.45, 7) is 3.18. The molecule has 5 aromatic rings. The zero-order chi connectivity index (χ0) is 36.9. The predicted octanol–water partition coefficient (Wildman–Crippen LogP) is 7.62. The van der Waals surface area contributed by atoms with E-state index in [0.29, 0.717) is 43.2 Å². The second kappa shape index (κ2) is 17.1. The molecule has 54 heavy (non-hydrogen) atoms. The van der Waals surface area contributed by atoms with Crippen molar-refractivity contribution in [3.8, 4) is 34.4 Å². The van der Waals surface area contributed by atoms with E-state index in [1.54, 1.807) is 12.1 Å². The van der Waals surface area contributed by atoms with E-state index in [9.17, 15) is 9.59 Å². The fraction of sp³-hybridized carbons (Fsp3) is 0.233. The molecule has 1 amide bonds. The molecule has 11 heteroatoms. The highest BCUT2D eigenvalue weighted by Gasteiger charge is 2.31. The number of nitrogens with one attached hydrogen (secondary N) is 2. The molecule has 7 rings (SSSR count). The van der Waals surface area contributed by atoms with E-state index in [1.165, 1.54) is 7.11 Å². The van der Waals surface area contributed by atoms with Gasteiger partial charge in [-0.2, -0.15) is 5.26 Å². The van der Waals surface area contributed by atoms with Gasteiger partial charge in [-0.05, 0) is 100 Å². The van der Waals surface area contributed by atoms with Gasteiger partial charge in [-0.25, -0.2) is 4.79 Å². The number of ether oxygens (including phenoxy) is 4. The summed E-state index contributed by atoms with van der Waals surface area (Å²) < 4.78 is 23.6. The third-order valence-electron chi connectivity index (χ3n) is 9.64. The summed E-state index contributed by atoms with van der Waals surface area (Å²) in [5.41, 5.74) is 8.43. The summed E-state index contributed by atoms with van der Waals surface area (Å²) in [6.07, 6.45) is 0.404. The number of fused-ring (bicyclic) bond motifs is 2. The lowest BCUT2D eigenvalue weighted by Crippen LogP contribution is -2.53. The maximum Gasteiger partial charge on any atom is 0.328 e. The van der Waals surface area contributed by atoms with E-state index in [0.717, 1.165) is 55.3 Å². The molecule has 0 spiro atoms. The molecule has 5 aromatic carbocycles.